The van der Waals surface area contributed by atoms with Gasteiger partial charge < -0.3 is 15.8 Å². The van der Waals surface area contributed by atoms with E-state index >= 15 is 0 Å². The molecule has 0 saturated heterocycles. The first-order valence-electron chi connectivity index (χ1n) is 5.01. The van der Waals surface area contributed by atoms with Gasteiger partial charge in [-0.2, -0.15) is 0 Å². The van der Waals surface area contributed by atoms with Crippen LogP contribution in [0.4, 0.5) is 0 Å². The Morgan fingerprint density at radius 3 is 2.87 bits per heavy atom. The molecule has 0 aliphatic heterocycles. The number of nitrogens with one attached hydrogen (secondary N) is 1. The van der Waals surface area contributed by atoms with Gasteiger partial charge in [-0.15, -0.1) is 0 Å². The first kappa shape index (κ1) is 12.3. The summed E-state index contributed by atoms with van der Waals surface area (Å²) in [6, 6.07) is 5.79. The highest BCUT2D eigenvalue weighted by atomic mass is 35.5. The van der Waals surface area contributed by atoms with Crippen LogP contribution < -0.4 is 15.8 Å². The summed E-state index contributed by atoms with van der Waals surface area (Å²) < 4.78 is 5.07. The van der Waals surface area contributed by atoms with Crippen molar-refractivity contribution in [2.75, 3.05) is 20.2 Å². The van der Waals surface area contributed by atoms with Crippen molar-refractivity contribution in [3.8, 4) is 5.75 Å². The monoisotopic (exact) mass is 228 g/mol. The third kappa shape index (κ3) is 4.08. The van der Waals surface area contributed by atoms with Crippen LogP contribution in [-0.4, -0.2) is 20.2 Å². The zero-order valence-corrected chi connectivity index (χ0v) is 9.68. The number of nitrogens with two attached hydrogens (primary N) is 1. The Bertz CT molecular complexity index is 305. The summed E-state index contributed by atoms with van der Waals surface area (Å²) in [6.45, 7) is 2.46. The Kier molecular flexibility index (Phi) is 5.47. The fraction of sp³-hybridized carbons (Fsp3) is 0.455. The molecule has 0 radical (unpaired) electrons. The average molecular weight is 229 g/mol. The van der Waals surface area contributed by atoms with Gasteiger partial charge in [0, 0.05) is 6.54 Å². The molecular weight excluding hydrogens is 212 g/mol. The van der Waals surface area contributed by atoms with Gasteiger partial charge in [-0.25, -0.2) is 0 Å². The van der Waals surface area contributed by atoms with Crippen molar-refractivity contribution in [1.29, 1.82) is 0 Å². The van der Waals surface area contributed by atoms with Crippen LogP contribution in [0.15, 0.2) is 18.2 Å². The molecule has 0 saturated carbocycles. The quantitative estimate of drug-likeness (QED) is 0.730. The van der Waals surface area contributed by atoms with E-state index in [-0.39, 0.29) is 0 Å². The molecule has 4 heteroatoms. The Labute approximate surface area is 95.6 Å². The molecular formula is C11H17ClN2O. The number of methoxy groups -OCH3 is 1. The molecule has 0 fully saturated rings. The number of halogens is 1. The maximum atomic E-state index is 6.00. The molecule has 0 heterocycles. The Morgan fingerprint density at radius 1 is 1.47 bits per heavy atom. The number of benzene rings is 1. The van der Waals surface area contributed by atoms with Crippen LogP contribution in [0.3, 0.4) is 0 Å². The van der Waals surface area contributed by atoms with E-state index in [1.54, 1.807) is 7.11 Å². The number of hydrogen-bond donors (Lipinski definition) is 2. The highest BCUT2D eigenvalue weighted by Crippen LogP contribution is 2.24. The maximum Gasteiger partial charge on any atom is 0.137 e. The lowest BCUT2D eigenvalue weighted by atomic mass is 10.2. The van der Waals surface area contributed by atoms with Crippen molar-refractivity contribution in [2.45, 2.75) is 13.0 Å². The Morgan fingerprint density at radius 2 is 2.27 bits per heavy atom. The van der Waals surface area contributed by atoms with Gasteiger partial charge in [-0.3, -0.25) is 0 Å². The van der Waals surface area contributed by atoms with E-state index in [0.29, 0.717) is 10.8 Å². The van der Waals surface area contributed by atoms with Crippen molar-refractivity contribution in [3.63, 3.8) is 0 Å². The second-order valence-electron chi connectivity index (χ2n) is 3.29. The van der Waals surface area contributed by atoms with E-state index in [9.17, 15) is 0 Å². The first-order valence-corrected chi connectivity index (χ1v) is 5.39. The van der Waals surface area contributed by atoms with E-state index in [2.05, 4.69) is 5.32 Å². The molecule has 15 heavy (non-hydrogen) atoms. The van der Waals surface area contributed by atoms with Gasteiger partial charge in [0.15, 0.2) is 0 Å². The molecule has 1 aromatic rings. The summed E-state index contributed by atoms with van der Waals surface area (Å²) in [5.74, 6) is 0.711. The zero-order chi connectivity index (χ0) is 11.1. The highest BCUT2D eigenvalue weighted by Gasteiger charge is 2.00. The standard InChI is InChI=1S/C11H17ClN2O/c1-15-11-4-3-9(7-10(11)12)8-14-6-2-5-13/h3-4,7,14H,2,5-6,8,13H2,1H3. The molecule has 0 atom stereocenters. The number of rotatable bonds is 6. The second-order valence-corrected chi connectivity index (χ2v) is 3.70. The lowest BCUT2D eigenvalue weighted by molar-refractivity contribution is 0.415. The van der Waals surface area contributed by atoms with Crippen LogP contribution in [0.25, 0.3) is 0 Å². The Hall–Kier alpha value is -0.770. The normalized spacial score (nSPS) is 10.3. The fourth-order valence-electron chi connectivity index (χ4n) is 1.28. The zero-order valence-electron chi connectivity index (χ0n) is 8.92. The minimum Gasteiger partial charge on any atom is -0.495 e. The van der Waals surface area contributed by atoms with Crippen LogP contribution in [0, 0.1) is 0 Å². The number of hydrogen-bond acceptors (Lipinski definition) is 3. The first-order chi connectivity index (χ1) is 7.27. The molecule has 0 aliphatic rings. The SMILES string of the molecule is COc1ccc(CNCCCN)cc1Cl. The maximum absolute atomic E-state index is 6.00. The largest absolute Gasteiger partial charge is 0.495 e. The predicted molar refractivity (Wildman–Crippen MR) is 63.4 cm³/mol. The molecule has 1 rings (SSSR count). The van der Waals surface area contributed by atoms with Crippen molar-refractivity contribution >= 4 is 11.6 Å². The number of ether oxygens (including phenoxy) is 1. The topological polar surface area (TPSA) is 47.3 Å². The van der Waals surface area contributed by atoms with Gasteiger partial charge in [0.1, 0.15) is 5.75 Å². The molecule has 84 valence electrons. The molecule has 1 aromatic carbocycles. The van der Waals surface area contributed by atoms with Crippen LogP contribution in [0.2, 0.25) is 5.02 Å². The molecule has 0 aliphatic carbocycles. The summed E-state index contributed by atoms with van der Waals surface area (Å²) in [4.78, 5) is 0. The second kappa shape index (κ2) is 6.67. The van der Waals surface area contributed by atoms with E-state index in [4.69, 9.17) is 22.1 Å². The smallest absolute Gasteiger partial charge is 0.137 e. The summed E-state index contributed by atoms with van der Waals surface area (Å²) in [5, 5.41) is 3.94. The molecule has 0 spiro atoms. The molecule has 0 bridgehead atoms. The summed E-state index contributed by atoms with van der Waals surface area (Å²) in [7, 11) is 1.61. The van der Waals surface area contributed by atoms with Gasteiger partial charge in [0.2, 0.25) is 0 Å². The lowest BCUT2D eigenvalue weighted by Crippen LogP contribution is -2.17. The average Bonchev–Trinajstić information content (AvgIpc) is 2.25. The molecule has 3 N–H and O–H groups in total. The summed E-state index contributed by atoms with van der Waals surface area (Å²) >= 11 is 6.00. The van der Waals surface area contributed by atoms with E-state index in [1.807, 2.05) is 18.2 Å². The van der Waals surface area contributed by atoms with Crippen LogP contribution in [-0.2, 0) is 6.54 Å². The van der Waals surface area contributed by atoms with Crippen molar-refractivity contribution in [1.82, 2.24) is 5.32 Å². The summed E-state index contributed by atoms with van der Waals surface area (Å²) in [6.07, 6.45) is 0.990. The molecule has 3 nitrogen and oxygen atoms in total. The van der Waals surface area contributed by atoms with Gasteiger partial charge in [-0.1, -0.05) is 17.7 Å². The third-order valence-electron chi connectivity index (χ3n) is 2.10. The fourth-order valence-corrected chi connectivity index (χ4v) is 1.56. The minimum absolute atomic E-state index is 0.649. The van der Waals surface area contributed by atoms with E-state index in [0.717, 1.165) is 31.6 Å². The highest BCUT2D eigenvalue weighted by molar-refractivity contribution is 6.32. The molecule has 0 aromatic heterocycles. The third-order valence-corrected chi connectivity index (χ3v) is 2.40. The van der Waals surface area contributed by atoms with Gasteiger partial charge in [0.25, 0.3) is 0 Å². The van der Waals surface area contributed by atoms with Crippen LogP contribution in [0.5, 0.6) is 5.75 Å². The molecule has 0 amide bonds. The lowest BCUT2D eigenvalue weighted by Gasteiger charge is -2.07. The van der Waals surface area contributed by atoms with Crippen molar-refractivity contribution in [3.05, 3.63) is 28.8 Å². The van der Waals surface area contributed by atoms with Crippen molar-refractivity contribution < 1.29 is 4.74 Å². The summed E-state index contributed by atoms with van der Waals surface area (Å²) in [5.41, 5.74) is 6.54. The predicted octanol–water partition coefficient (Wildman–Crippen LogP) is 1.79. The van der Waals surface area contributed by atoms with Crippen LogP contribution in [0.1, 0.15) is 12.0 Å². The minimum atomic E-state index is 0.649. The van der Waals surface area contributed by atoms with Gasteiger partial charge in [-0.05, 0) is 37.2 Å². The van der Waals surface area contributed by atoms with E-state index < -0.39 is 0 Å². The van der Waals surface area contributed by atoms with E-state index in [1.165, 1.54) is 0 Å². The molecule has 0 unspecified atom stereocenters. The van der Waals surface area contributed by atoms with Gasteiger partial charge in [0.05, 0.1) is 12.1 Å². The van der Waals surface area contributed by atoms with Gasteiger partial charge >= 0.3 is 0 Å². The van der Waals surface area contributed by atoms with Crippen molar-refractivity contribution in [2.24, 2.45) is 5.73 Å². The Balaban J connectivity index is 2.45. The van der Waals surface area contributed by atoms with Crippen LogP contribution >= 0.6 is 11.6 Å².